The molecule has 0 N–H and O–H groups in total. The third kappa shape index (κ3) is 7.27. The van der Waals surface area contributed by atoms with Gasteiger partial charge in [0.25, 0.3) is 0 Å². The zero-order chi connectivity index (χ0) is 16.3. The Morgan fingerprint density at radius 3 is 1.78 bits per heavy atom. The number of hydrogen-bond donors (Lipinski definition) is 0. The molecule has 2 aliphatic rings. The molecule has 0 nitrogen and oxygen atoms in total. The van der Waals surface area contributed by atoms with Gasteiger partial charge in [0.15, 0.2) is 0 Å². The Bertz CT molecular complexity index is 335. The molecule has 0 aromatic rings. The summed E-state index contributed by atoms with van der Waals surface area (Å²) >= 11 is 0. The summed E-state index contributed by atoms with van der Waals surface area (Å²) < 4.78 is 0. The molecule has 2 rings (SSSR count). The van der Waals surface area contributed by atoms with Crippen LogP contribution in [0, 0.1) is 23.7 Å². The second-order valence-corrected chi connectivity index (χ2v) is 8.23. The Kier molecular flexibility index (Phi) is 9.09. The quantitative estimate of drug-likeness (QED) is 0.402. The maximum absolute atomic E-state index is 2.57. The van der Waals surface area contributed by atoms with Gasteiger partial charge in [0.2, 0.25) is 0 Å². The van der Waals surface area contributed by atoms with E-state index in [-0.39, 0.29) is 0 Å². The van der Waals surface area contributed by atoms with E-state index in [1.165, 1.54) is 83.5 Å². The van der Waals surface area contributed by atoms with Crippen molar-refractivity contribution in [3.05, 3.63) is 24.3 Å². The molecule has 0 radical (unpaired) electrons. The van der Waals surface area contributed by atoms with Crippen molar-refractivity contribution in [3.8, 4) is 0 Å². The molecular formula is C23H40. The molecule has 0 saturated heterocycles. The first kappa shape index (κ1) is 18.8. The molecular weight excluding hydrogens is 276 g/mol. The third-order valence-electron chi connectivity index (χ3n) is 6.56. The largest absolute Gasteiger partial charge is 0.0917 e. The van der Waals surface area contributed by atoms with E-state index < -0.39 is 0 Å². The normalized spacial score (nSPS) is 32.8. The Hall–Kier alpha value is -0.520. The first-order valence-corrected chi connectivity index (χ1v) is 10.6. The smallest absolute Gasteiger partial charge is 0.0233 e. The fraction of sp³-hybridized carbons (Fsp3) is 0.826. The van der Waals surface area contributed by atoms with Crippen LogP contribution in [-0.4, -0.2) is 0 Å². The van der Waals surface area contributed by atoms with Gasteiger partial charge in [-0.2, -0.15) is 0 Å². The average Bonchev–Trinajstić information content (AvgIpc) is 2.61. The van der Waals surface area contributed by atoms with Crippen LogP contribution in [0.25, 0.3) is 0 Å². The van der Waals surface area contributed by atoms with E-state index in [0.29, 0.717) is 0 Å². The molecule has 132 valence electrons. The SMILES string of the molecule is C/C=C/CCC1CCC(/C=C/CCC2CCC(CC)CC2)CC1. The predicted octanol–water partition coefficient (Wildman–Crippen LogP) is 7.70. The van der Waals surface area contributed by atoms with E-state index in [1.807, 2.05) is 0 Å². The van der Waals surface area contributed by atoms with Crippen molar-refractivity contribution < 1.29 is 0 Å². The minimum Gasteiger partial charge on any atom is -0.0917 e. The van der Waals surface area contributed by atoms with Crippen molar-refractivity contribution in [1.82, 2.24) is 0 Å². The first-order valence-electron chi connectivity index (χ1n) is 10.6. The van der Waals surface area contributed by atoms with Crippen LogP contribution in [-0.2, 0) is 0 Å². The summed E-state index contributed by atoms with van der Waals surface area (Å²) in [5.74, 6) is 3.97. The topological polar surface area (TPSA) is 0 Å². The van der Waals surface area contributed by atoms with Crippen molar-refractivity contribution in [2.24, 2.45) is 23.7 Å². The van der Waals surface area contributed by atoms with Gasteiger partial charge >= 0.3 is 0 Å². The van der Waals surface area contributed by atoms with Gasteiger partial charge in [-0.05, 0) is 82.0 Å². The van der Waals surface area contributed by atoms with Crippen LogP contribution in [0.1, 0.15) is 97.3 Å². The molecule has 0 heterocycles. The molecule has 0 aromatic carbocycles. The molecule has 0 atom stereocenters. The lowest BCUT2D eigenvalue weighted by Gasteiger charge is -2.28. The fourth-order valence-corrected chi connectivity index (χ4v) is 4.72. The van der Waals surface area contributed by atoms with Crippen molar-refractivity contribution >= 4 is 0 Å². The summed E-state index contributed by atoms with van der Waals surface area (Å²) in [5, 5.41) is 0. The van der Waals surface area contributed by atoms with Gasteiger partial charge in [0, 0.05) is 0 Å². The molecule has 0 amide bonds. The monoisotopic (exact) mass is 316 g/mol. The van der Waals surface area contributed by atoms with Crippen LogP contribution in [0.5, 0.6) is 0 Å². The average molecular weight is 317 g/mol. The van der Waals surface area contributed by atoms with Gasteiger partial charge in [-0.25, -0.2) is 0 Å². The number of hydrogen-bond acceptors (Lipinski definition) is 0. The highest BCUT2D eigenvalue weighted by molar-refractivity contribution is 4.92. The Labute approximate surface area is 145 Å². The van der Waals surface area contributed by atoms with Gasteiger partial charge in [0.1, 0.15) is 0 Å². The molecule has 2 aliphatic carbocycles. The fourth-order valence-electron chi connectivity index (χ4n) is 4.72. The highest BCUT2D eigenvalue weighted by Crippen LogP contribution is 2.34. The first-order chi connectivity index (χ1) is 11.3. The van der Waals surface area contributed by atoms with Gasteiger partial charge in [-0.1, -0.05) is 63.3 Å². The molecule has 0 heteroatoms. The molecule has 0 bridgehead atoms. The lowest BCUT2D eigenvalue weighted by Crippen LogP contribution is -2.14. The summed E-state index contributed by atoms with van der Waals surface area (Å²) in [7, 11) is 0. The second-order valence-electron chi connectivity index (χ2n) is 8.23. The maximum atomic E-state index is 2.57. The third-order valence-corrected chi connectivity index (χ3v) is 6.56. The zero-order valence-corrected chi connectivity index (χ0v) is 15.8. The lowest BCUT2D eigenvalue weighted by atomic mass is 9.78. The van der Waals surface area contributed by atoms with E-state index in [2.05, 4.69) is 38.2 Å². The molecule has 23 heavy (non-hydrogen) atoms. The van der Waals surface area contributed by atoms with Crippen molar-refractivity contribution in [2.75, 3.05) is 0 Å². The standard InChI is InChI=1S/C23H40/c1-3-5-6-9-21-16-18-23(19-17-21)11-8-7-10-22-14-12-20(4-2)13-15-22/h3,5,8,11,20-23H,4,6-7,9-10,12-19H2,1-2H3/b5-3+,11-8+. The Morgan fingerprint density at radius 1 is 0.696 bits per heavy atom. The summed E-state index contributed by atoms with van der Waals surface area (Å²) in [6, 6.07) is 0. The summed E-state index contributed by atoms with van der Waals surface area (Å²) in [4.78, 5) is 0. The predicted molar refractivity (Wildman–Crippen MR) is 104 cm³/mol. The van der Waals surface area contributed by atoms with E-state index in [0.717, 1.165) is 23.7 Å². The van der Waals surface area contributed by atoms with Crippen LogP contribution >= 0.6 is 0 Å². The molecule has 0 unspecified atom stereocenters. The van der Waals surface area contributed by atoms with Crippen LogP contribution < -0.4 is 0 Å². The lowest BCUT2D eigenvalue weighted by molar-refractivity contribution is 0.259. The highest BCUT2D eigenvalue weighted by atomic mass is 14.3. The van der Waals surface area contributed by atoms with Crippen LogP contribution in [0.3, 0.4) is 0 Å². The highest BCUT2D eigenvalue weighted by Gasteiger charge is 2.20. The van der Waals surface area contributed by atoms with E-state index in [4.69, 9.17) is 0 Å². The van der Waals surface area contributed by atoms with Crippen LogP contribution in [0.4, 0.5) is 0 Å². The molecule has 0 aromatic heterocycles. The molecule has 2 saturated carbocycles. The number of allylic oxidation sites excluding steroid dienone is 4. The Balaban J connectivity index is 1.53. The summed E-state index contributed by atoms with van der Waals surface area (Å²) in [5.41, 5.74) is 0. The maximum Gasteiger partial charge on any atom is -0.0233 e. The van der Waals surface area contributed by atoms with Gasteiger partial charge in [-0.3, -0.25) is 0 Å². The molecule has 2 fully saturated rings. The van der Waals surface area contributed by atoms with Crippen molar-refractivity contribution in [2.45, 2.75) is 97.3 Å². The summed E-state index contributed by atoms with van der Waals surface area (Å²) in [6.45, 7) is 4.50. The van der Waals surface area contributed by atoms with E-state index >= 15 is 0 Å². The second kappa shape index (κ2) is 11.1. The number of rotatable bonds is 8. The van der Waals surface area contributed by atoms with E-state index in [9.17, 15) is 0 Å². The van der Waals surface area contributed by atoms with Crippen LogP contribution in [0.2, 0.25) is 0 Å². The Morgan fingerprint density at radius 2 is 1.22 bits per heavy atom. The van der Waals surface area contributed by atoms with Gasteiger partial charge < -0.3 is 0 Å². The van der Waals surface area contributed by atoms with Gasteiger partial charge in [0.05, 0.1) is 0 Å². The minimum absolute atomic E-state index is 0.892. The van der Waals surface area contributed by atoms with E-state index in [1.54, 1.807) is 0 Å². The minimum atomic E-state index is 0.892. The van der Waals surface area contributed by atoms with Crippen molar-refractivity contribution in [3.63, 3.8) is 0 Å². The van der Waals surface area contributed by atoms with Crippen molar-refractivity contribution in [1.29, 1.82) is 0 Å². The zero-order valence-electron chi connectivity index (χ0n) is 15.8. The molecule has 0 spiro atoms. The van der Waals surface area contributed by atoms with Gasteiger partial charge in [-0.15, -0.1) is 0 Å². The summed E-state index contributed by atoms with van der Waals surface area (Å²) in [6.07, 6.45) is 28.4. The van der Waals surface area contributed by atoms with Crippen LogP contribution in [0.15, 0.2) is 24.3 Å². The molecule has 0 aliphatic heterocycles.